The lowest BCUT2D eigenvalue weighted by Crippen LogP contribution is -2.33. The molecule has 2 aromatic carbocycles. The fraction of sp³-hybridized carbons (Fsp3) is 0.350. The van der Waals surface area contributed by atoms with Gasteiger partial charge in [0.25, 0.3) is 5.91 Å². The molecule has 27 heavy (non-hydrogen) atoms. The van der Waals surface area contributed by atoms with Crippen molar-refractivity contribution in [2.75, 3.05) is 13.6 Å². The Kier molecular flexibility index (Phi) is 7.03. The minimum Gasteiger partial charge on any atom is -0.351 e. The number of nitrogens with one attached hydrogen (secondary N) is 1. The van der Waals surface area contributed by atoms with Gasteiger partial charge in [-0.15, -0.1) is 0 Å². The lowest BCUT2D eigenvalue weighted by molar-refractivity contribution is 0.0951. The summed E-state index contributed by atoms with van der Waals surface area (Å²) in [5.41, 5.74) is 1.26. The molecule has 5 nitrogen and oxygen atoms in total. The Hall–Kier alpha value is -1.89. The minimum absolute atomic E-state index is 0.0457. The van der Waals surface area contributed by atoms with E-state index in [-0.39, 0.29) is 27.4 Å². The molecule has 0 saturated carbocycles. The third-order valence-corrected chi connectivity index (χ3v) is 6.88. The lowest BCUT2D eigenvalue weighted by Gasteiger charge is -2.21. The molecule has 2 aromatic rings. The first-order valence-electron chi connectivity index (χ1n) is 8.75. The zero-order valence-corrected chi connectivity index (χ0v) is 17.5. The highest BCUT2D eigenvalue weighted by molar-refractivity contribution is 7.89. The van der Waals surface area contributed by atoms with Gasteiger partial charge >= 0.3 is 0 Å². The molecule has 146 valence electrons. The molecule has 7 heteroatoms. The van der Waals surface area contributed by atoms with E-state index in [1.807, 2.05) is 37.3 Å². The number of carbonyl (C=O) groups is 1. The summed E-state index contributed by atoms with van der Waals surface area (Å²) in [4.78, 5) is 12.6. The molecule has 1 amide bonds. The van der Waals surface area contributed by atoms with Crippen molar-refractivity contribution in [1.29, 1.82) is 0 Å². The number of nitrogens with zero attached hydrogens (tertiary/aromatic N) is 1. The van der Waals surface area contributed by atoms with Gasteiger partial charge in [0.05, 0.1) is 15.5 Å². The zero-order chi connectivity index (χ0) is 20.2. The number of sulfonamides is 1. The van der Waals surface area contributed by atoms with Gasteiger partial charge in [-0.2, -0.15) is 4.31 Å². The van der Waals surface area contributed by atoms with Crippen LogP contribution in [-0.4, -0.2) is 38.3 Å². The maximum atomic E-state index is 12.7. The predicted molar refractivity (Wildman–Crippen MR) is 109 cm³/mol. The Morgan fingerprint density at radius 3 is 2.33 bits per heavy atom. The van der Waals surface area contributed by atoms with Crippen molar-refractivity contribution >= 4 is 27.5 Å². The van der Waals surface area contributed by atoms with E-state index in [0.717, 1.165) is 5.56 Å². The molecule has 0 saturated heterocycles. The van der Waals surface area contributed by atoms with Gasteiger partial charge in [0.2, 0.25) is 10.0 Å². The van der Waals surface area contributed by atoms with Gasteiger partial charge < -0.3 is 5.32 Å². The SMILES string of the molecule is CC(CNC(=O)c1cc(S(=O)(=O)N(C)C(C)C)ccc1Cl)c1ccccc1. The third kappa shape index (κ3) is 5.09. The number of amides is 1. The molecule has 0 spiro atoms. The second-order valence-electron chi connectivity index (χ2n) is 6.78. The molecule has 0 heterocycles. The molecule has 0 fully saturated rings. The van der Waals surface area contributed by atoms with Crippen molar-refractivity contribution in [1.82, 2.24) is 9.62 Å². The fourth-order valence-corrected chi connectivity index (χ4v) is 4.12. The fourth-order valence-electron chi connectivity index (χ4n) is 2.52. The predicted octanol–water partition coefficient (Wildman–Crippen LogP) is 3.90. The van der Waals surface area contributed by atoms with Crippen LogP contribution < -0.4 is 5.32 Å². The van der Waals surface area contributed by atoms with Crippen molar-refractivity contribution in [3.05, 3.63) is 64.7 Å². The molecule has 0 aliphatic carbocycles. The Balaban J connectivity index is 2.19. The van der Waals surface area contributed by atoms with Gasteiger partial charge in [-0.3, -0.25) is 4.79 Å². The van der Waals surface area contributed by atoms with Crippen molar-refractivity contribution < 1.29 is 13.2 Å². The van der Waals surface area contributed by atoms with Crippen LogP contribution in [-0.2, 0) is 10.0 Å². The number of rotatable bonds is 7. The summed E-state index contributed by atoms with van der Waals surface area (Å²) in [6, 6.07) is 13.8. The second-order valence-corrected chi connectivity index (χ2v) is 9.18. The Labute approximate surface area is 166 Å². The summed E-state index contributed by atoms with van der Waals surface area (Å²) in [5.74, 6) is -0.278. The van der Waals surface area contributed by atoms with Gasteiger partial charge in [-0.1, -0.05) is 48.9 Å². The van der Waals surface area contributed by atoms with Crippen molar-refractivity contribution in [3.8, 4) is 0 Å². The van der Waals surface area contributed by atoms with Gasteiger partial charge in [0.15, 0.2) is 0 Å². The highest BCUT2D eigenvalue weighted by atomic mass is 35.5. The molecule has 1 N–H and O–H groups in total. The van der Waals surface area contributed by atoms with E-state index >= 15 is 0 Å². The number of carbonyl (C=O) groups excluding carboxylic acids is 1. The molecule has 0 aliphatic heterocycles. The molecule has 0 radical (unpaired) electrons. The standard InChI is InChI=1S/C20H25ClN2O3S/c1-14(2)23(4)27(25,26)17-10-11-19(21)18(12-17)20(24)22-13-15(3)16-8-6-5-7-9-16/h5-12,14-15H,13H2,1-4H3,(H,22,24). The summed E-state index contributed by atoms with van der Waals surface area (Å²) in [5, 5.41) is 3.05. The van der Waals surface area contributed by atoms with Crippen LogP contribution in [0.4, 0.5) is 0 Å². The normalized spacial score (nSPS) is 13.0. The molecule has 1 atom stereocenters. The van der Waals surface area contributed by atoms with Gasteiger partial charge in [-0.25, -0.2) is 8.42 Å². The van der Waals surface area contributed by atoms with Crippen LogP contribution in [0.5, 0.6) is 0 Å². The summed E-state index contributed by atoms with van der Waals surface area (Å²) in [6.45, 7) is 6.00. The van der Waals surface area contributed by atoms with Crippen LogP contribution in [0.15, 0.2) is 53.4 Å². The summed E-state index contributed by atoms with van der Waals surface area (Å²) in [6.07, 6.45) is 0. The summed E-state index contributed by atoms with van der Waals surface area (Å²) in [7, 11) is -2.18. The number of hydrogen-bond acceptors (Lipinski definition) is 3. The van der Waals surface area contributed by atoms with Gasteiger partial charge in [0, 0.05) is 19.6 Å². The largest absolute Gasteiger partial charge is 0.351 e. The molecule has 2 rings (SSSR count). The lowest BCUT2D eigenvalue weighted by atomic mass is 10.0. The van der Waals surface area contributed by atoms with Crippen molar-refractivity contribution in [3.63, 3.8) is 0 Å². The Morgan fingerprint density at radius 1 is 1.11 bits per heavy atom. The Morgan fingerprint density at radius 2 is 1.74 bits per heavy atom. The van der Waals surface area contributed by atoms with E-state index in [4.69, 9.17) is 11.6 Å². The smallest absolute Gasteiger partial charge is 0.252 e. The number of benzene rings is 2. The topological polar surface area (TPSA) is 66.5 Å². The maximum Gasteiger partial charge on any atom is 0.252 e. The average Bonchev–Trinajstić information content (AvgIpc) is 2.65. The first-order chi connectivity index (χ1) is 12.6. The Bertz CT molecular complexity index is 899. The molecule has 0 aliphatic rings. The molecule has 0 bridgehead atoms. The van der Waals surface area contributed by atoms with Gasteiger partial charge in [0.1, 0.15) is 0 Å². The number of hydrogen-bond donors (Lipinski definition) is 1. The van der Waals surface area contributed by atoms with Crippen LogP contribution in [0.1, 0.15) is 42.6 Å². The summed E-state index contributed by atoms with van der Waals surface area (Å²) < 4.78 is 26.6. The first-order valence-corrected chi connectivity index (χ1v) is 10.6. The number of halogens is 1. The van der Waals surface area contributed by atoms with Crippen molar-refractivity contribution in [2.45, 2.75) is 37.6 Å². The van der Waals surface area contributed by atoms with Crippen LogP contribution in [0.3, 0.4) is 0 Å². The van der Waals surface area contributed by atoms with E-state index < -0.39 is 15.9 Å². The van der Waals surface area contributed by atoms with Crippen LogP contribution in [0.25, 0.3) is 0 Å². The third-order valence-electron chi connectivity index (χ3n) is 4.52. The van der Waals surface area contributed by atoms with E-state index in [1.54, 1.807) is 13.8 Å². The summed E-state index contributed by atoms with van der Waals surface area (Å²) >= 11 is 6.15. The molecular weight excluding hydrogens is 384 g/mol. The highest BCUT2D eigenvalue weighted by Gasteiger charge is 2.25. The average molecular weight is 409 g/mol. The van der Waals surface area contributed by atoms with E-state index in [2.05, 4.69) is 5.32 Å². The van der Waals surface area contributed by atoms with Crippen LogP contribution in [0.2, 0.25) is 5.02 Å². The van der Waals surface area contributed by atoms with E-state index in [1.165, 1.54) is 29.6 Å². The minimum atomic E-state index is -3.69. The van der Waals surface area contributed by atoms with Crippen molar-refractivity contribution in [2.24, 2.45) is 0 Å². The molecular formula is C20H25ClN2O3S. The van der Waals surface area contributed by atoms with E-state index in [9.17, 15) is 13.2 Å². The first kappa shape index (κ1) is 21.4. The van der Waals surface area contributed by atoms with Crippen LogP contribution in [0, 0.1) is 0 Å². The quantitative estimate of drug-likeness (QED) is 0.755. The van der Waals surface area contributed by atoms with Gasteiger partial charge in [-0.05, 0) is 43.5 Å². The zero-order valence-electron chi connectivity index (χ0n) is 15.9. The van der Waals surface area contributed by atoms with Crippen LogP contribution >= 0.6 is 11.6 Å². The monoisotopic (exact) mass is 408 g/mol. The maximum absolute atomic E-state index is 12.7. The second kappa shape index (κ2) is 8.87. The molecule has 0 aromatic heterocycles. The molecule has 1 unspecified atom stereocenters. The van der Waals surface area contributed by atoms with E-state index in [0.29, 0.717) is 6.54 Å². The highest BCUT2D eigenvalue weighted by Crippen LogP contribution is 2.23.